The second-order valence-corrected chi connectivity index (χ2v) is 5.12. The largest absolute Gasteiger partial charge is 0.357 e. The quantitative estimate of drug-likeness (QED) is 0.832. The van der Waals surface area contributed by atoms with Crippen LogP contribution in [0, 0.1) is 0 Å². The van der Waals surface area contributed by atoms with Crippen LogP contribution in [0.4, 0.5) is 5.82 Å². The molecular weight excluding hydrogens is 280 g/mol. The second kappa shape index (κ2) is 5.24. The van der Waals surface area contributed by atoms with Crippen LogP contribution in [0.5, 0.6) is 0 Å². The molecule has 1 aliphatic heterocycles. The average Bonchev–Trinajstić information content (AvgIpc) is 2.93. The highest BCUT2D eigenvalue weighted by Crippen LogP contribution is 2.26. The van der Waals surface area contributed by atoms with E-state index in [0.717, 1.165) is 31.6 Å². The van der Waals surface area contributed by atoms with E-state index in [4.69, 9.17) is 11.6 Å². The van der Waals surface area contributed by atoms with Gasteiger partial charge in [-0.3, -0.25) is 4.79 Å². The molecule has 2 aromatic rings. The Morgan fingerprint density at radius 3 is 3.15 bits per heavy atom. The molecule has 1 amide bonds. The van der Waals surface area contributed by atoms with Gasteiger partial charge in [-0.15, -0.1) is 0 Å². The van der Waals surface area contributed by atoms with Gasteiger partial charge in [0.1, 0.15) is 23.3 Å². The molecule has 7 nitrogen and oxygen atoms in total. The summed E-state index contributed by atoms with van der Waals surface area (Å²) in [6, 6.07) is 1.52. The number of likely N-dealkylation sites (N-methyl/N-ethyl adjacent to an activating group) is 1. The van der Waals surface area contributed by atoms with E-state index >= 15 is 0 Å². The highest BCUT2D eigenvalue weighted by molar-refractivity contribution is 6.29. The number of nitrogens with zero attached hydrogens (tertiary/aromatic N) is 5. The highest BCUT2D eigenvalue weighted by atomic mass is 35.5. The van der Waals surface area contributed by atoms with Crippen LogP contribution in [0.1, 0.15) is 19.3 Å². The number of piperidine rings is 1. The number of carbonyl (C=O) groups is 1. The second-order valence-electron chi connectivity index (χ2n) is 4.73. The van der Waals surface area contributed by atoms with Gasteiger partial charge in [-0.25, -0.2) is 0 Å². The summed E-state index contributed by atoms with van der Waals surface area (Å²) in [4.78, 5) is 22.3. The molecule has 0 saturated carbocycles. The van der Waals surface area contributed by atoms with Gasteiger partial charge in [0.25, 0.3) is 5.78 Å². The Kier molecular flexibility index (Phi) is 3.43. The Morgan fingerprint density at radius 2 is 2.35 bits per heavy atom. The highest BCUT2D eigenvalue weighted by Gasteiger charge is 2.30. The van der Waals surface area contributed by atoms with Crippen molar-refractivity contribution in [2.24, 2.45) is 0 Å². The summed E-state index contributed by atoms with van der Waals surface area (Å²) in [5, 5.41) is 7.23. The van der Waals surface area contributed by atoms with Crippen LogP contribution in [0.3, 0.4) is 0 Å². The number of amides is 1. The molecule has 2 aromatic heterocycles. The molecule has 8 heteroatoms. The number of anilines is 1. The Balaban J connectivity index is 2.07. The molecular formula is C12H15ClN6O. The van der Waals surface area contributed by atoms with Gasteiger partial charge in [-0.05, 0) is 19.3 Å². The maximum atomic E-state index is 12.1. The van der Waals surface area contributed by atoms with Crippen molar-refractivity contribution < 1.29 is 4.79 Å². The molecule has 20 heavy (non-hydrogen) atoms. The SMILES string of the molecule is CNC(=O)C1CCCCN1c1cc(Cl)nc2ncnn12. The molecule has 106 valence electrons. The fourth-order valence-electron chi connectivity index (χ4n) is 2.62. The molecule has 1 aliphatic rings. The van der Waals surface area contributed by atoms with E-state index in [-0.39, 0.29) is 11.9 Å². The third-order valence-corrected chi connectivity index (χ3v) is 3.74. The van der Waals surface area contributed by atoms with E-state index in [0.29, 0.717) is 10.9 Å². The number of fused-ring (bicyclic) bond motifs is 1. The third-order valence-electron chi connectivity index (χ3n) is 3.55. The van der Waals surface area contributed by atoms with E-state index in [2.05, 4.69) is 20.4 Å². The van der Waals surface area contributed by atoms with Crippen molar-refractivity contribution in [3.63, 3.8) is 0 Å². The van der Waals surface area contributed by atoms with Crippen LogP contribution >= 0.6 is 11.6 Å². The summed E-state index contributed by atoms with van der Waals surface area (Å²) in [6.07, 6.45) is 4.31. The molecule has 3 heterocycles. The summed E-state index contributed by atoms with van der Waals surface area (Å²) in [6.45, 7) is 0.785. The molecule has 1 unspecified atom stereocenters. The predicted octanol–water partition coefficient (Wildman–Crippen LogP) is 0.883. The van der Waals surface area contributed by atoms with Crippen LogP contribution in [-0.2, 0) is 4.79 Å². The minimum Gasteiger partial charge on any atom is -0.357 e. The normalized spacial score (nSPS) is 19.3. The first-order valence-corrected chi connectivity index (χ1v) is 6.93. The lowest BCUT2D eigenvalue weighted by atomic mass is 10.0. The number of carbonyl (C=O) groups excluding carboxylic acids is 1. The summed E-state index contributed by atoms with van der Waals surface area (Å²) in [7, 11) is 1.65. The average molecular weight is 295 g/mol. The Morgan fingerprint density at radius 1 is 1.50 bits per heavy atom. The molecule has 3 rings (SSSR count). The van der Waals surface area contributed by atoms with Gasteiger partial charge in [-0.1, -0.05) is 11.6 Å². The molecule has 0 aromatic carbocycles. The lowest BCUT2D eigenvalue weighted by molar-refractivity contribution is -0.122. The van der Waals surface area contributed by atoms with Crippen molar-refractivity contribution in [2.45, 2.75) is 25.3 Å². The fourth-order valence-corrected chi connectivity index (χ4v) is 2.79. The summed E-state index contributed by atoms with van der Waals surface area (Å²) >= 11 is 6.04. The fraction of sp³-hybridized carbons (Fsp3) is 0.500. The minimum absolute atomic E-state index is 0.00546. The Bertz CT molecular complexity index is 642. The van der Waals surface area contributed by atoms with Gasteiger partial charge in [-0.2, -0.15) is 19.6 Å². The maximum absolute atomic E-state index is 12.1. The van der Waals surface area contributed by atoms with Crippen molar-refractivity contribution in [2.75, 3.05) is 18.5 Å². The number of aromatic nitrogens is 4. The topological polar surface area (TPSA) is 75.4 Å². The molecule has 0 radical (unpaired) electrons. The molecule has 0 aliphatic carbocycles. The van der Waals surface area contributed by atoms with E-state index in [1.54, 1.807) is 17.6 Å². The summed E-state index contributed by atoms with van der Waals surface area (Å²) < 4.78 is 1.62. The summed E-state index contributed by atoms with van der Waals surface area (Å²) in [5.74, 6) is 1.20. The van der Waals surface area contributed by atoms with Crippen LogP contribution in [-0.4, -0.2) is 45.1 Å². The number of hydrogen-bond acceptors (Lipinski definition) is 5. The molecule has 1 saturated heterocycles. The number of nitrogens with one attached hydrogen (secondary N) is 1. The van der Waals surface area contributed by atoms with Crippen molar-refractivity contribution in [1.82, 2.24) is 24.9 Å². The molecule has 0 spiro atoms. The predicted molar refractivity (Wildman–Crippen MR) is 74.8 cm³/mol. The van der Waals surface area contributed by atoms with E-state index < -0.39 is 0 Å². The zero-order chi connectivity index (χ0) is 14.1. The van der Waals surface area contributed by atoms with E-state index in [1.807, 2.05) is 4.90 Å². The monoisotopic (exact) mass is 294 g/mol. The number of halogens is 1. The zero-order valence-corrected chi connectivity index (χ0v) is 11.8. The molecule has 1 atom stereocenters. The molecule has 0 bridgehead atoms. The van der Waals surface area contributed by atoms with Crippen LogP contribution < -0.4 is 10.2 Å². The van der Waals surface area contributed by atoms with Crippen LogP contribution in [0.2, 0.25) is 5.15 Å². The third kappa shape index (κ3) is 2.18. The van der Waals surface area contributed by atoms with Gasteiger partial charge in [0, 0.05) is 19.7 Å². The number of hydrogen-bond donors (Lipinski definition) is 1. The van der Waals surface area contributed by atoms with Gasteiger partial charge >= 0.3 is 0 Å². The smallest absolute Gasteiger partial charge is 0.255 e. The van der Waals surface area contributed by atoms with Crippen molar-refractivity contribution >= 4 is 29.1 Å². The Labute approximate surface area is 121 Å². The zero-order valence-electron chi connectivity index (χ0n) is 11.1. The lowest BCUT2D eigenvalue weighted by Gasteiger charge is -2.35. The first-order valence-electron chi connectivity index (χ1n) is 6.55. The van der Waals surface area contributed by atoms with Crippen molar-refractivity contribution in [1.29, 1.82) is 0 Å². The number of rotatable bonds is 2. The minimum atomic E-state index is -0.209. The van der Waals surface area contributed by atoms with Gasteiger partial charge in [0.15, 0.2) is 0 Å². The standard InChI is InChI=1S/C12H15ClN6O/c1-14-11(20)8-4-2-3-5-18(8)10-6-9(13)17-12-15-7-16-19(10)12/h6-8H,2-5H2,1H3,(H,14,20). The maximum Gasteiger partial charge on any atom is 0.255 e. The molecule has 1 N–H and O–H groups in total. The van der Waals surface area contributed by atoms with Crippen molar-refractivity contribution in [3.8, 4) is 0 Å². The van der Waals surface area contributed by atoms with E-state index in [9.17, 15) is 4.79 Å². The van der Waals surface area contributed by atoms with Crippen LogP contribution in [0.25, 0.3) is 5.78 Å². The Hall–Kier alpha value is -1.89. The lowest BCUT2D eigenvalue weighted by Crippen LogP contribution is -2.49. The molecule has 1 fully saturated rings. The van der Waals surface area contributed by atoms with Gasteiger partial charge in [0.2, 0.25) is 5.91 Å². The van der Waals surface area contributed by atoms with Gasteiger partial charge in [0.05, 0.1) is 0 Å². The van der Waals surface area contributed by atoms with Crippen LogP contribution in [0.15, 0.2) is 12.4 Å². The van der Waals surface area contributed by atoms with Crippen molar-refractivity contribution in [3.05, 3.63) is 17.5 Å². The summed E-state index contributed by atoms with van der Waals surface area (Å²) in [5.41, 5.74) is 0. The van der Waals surface area contributed by atoms with Gasteiger partial charge < -0.3 is 10.2 Å². The first kappa shape index (κ1) is 13.1. The first-order chi connectivity index (χ1) is 9.70. The van der Waals surface area contributed by atoms with E-state index in [1.165, 1.54) is 6.33 Å².